The van der Waals surface area contributed by atoms with Gasteiger partial charge in [0.05, 0.1) is 31.0 Å². The predicted octanol–water partition coefficient (Wildman–Crippen LogP) is -3.35. The highest BCUT2D eigenvalue weighted by Crippen LogP contribution is 2.45. The fourth-order valence-corrected chi connectivity index (χ4v) is 3.60. The van der Waals surface area contributed by atoms with Crippen molar-refractivity contribution in [1.29, 1.82) is 0 Å². The lowest BCUT2D eigenvalue weighted by Crippen LogP contribution is -2.61. The molecule has 27 heavy (non-hydrogen) atoms. The largest absolute Gasteiger partial charge is 0.478 e. The fraction of sp³-hybridized carbons (Fsp3) is 0.688. The Morgan fingerprint density at radius 1 is 1.15 bits per heavy atom. The minimum Gasteiger partial charge on any atom is -0.478 e. The van der Waals surface area contributed by atoms with Gasteiger partial charge in [-0.1, -0.05) is 12.2 Å². The van der Waals surface area contributed by atoms with Crippen LogP contribution in [-0.2, 0) is 19.0 Å². The van der Waals surface area contributed by atoms with Crippen LogP contribution in [0.5, 0.6) is 0 Å². The summed E-state index contributed by atoms with van der Waals surface area (Å²) in [6.45, 7) is -1.40. The van der Waals surface area contributed by atoms with E-state index < -0.39 is 73.6 Å². The van der Waals surface area contributed by atoms with Crippen molar-refractivity contribution >= 4 is 5.97 Å². The Balaban J connectivity index is 1.84. The molecule has 3 aliphatic rings. The van der Waals surface area contributed by atoms with E-state index in [4.69, 9.17) is 14.2 Å². The molecule has 11 heteroatoms. The highest BCUT2D eigenvalue weighted by Gasteiger charge is 2.55. The van der Waals surface area contributed by atoms with E-state index in [1.807, 2.05) is 0 Å². The van der Waals surface area contributed by atoms with Gasteiger partial charge in [0.1, 0.15) is 30.0 Å². The van der Waals surface area contributed by atoms with Crippen LogP contribution in [0.3, 0.4) is 0 Å². The second-order valence-electron chi connectivity index (χ2n) is 6.78. The van der Waals surface area contributed by atoms with E-state index in [0.29, 0.717) is 0 Å². The highest BCUT2D eigenvalue weighted by atomic mass is 16.8. The van der Waals surface area contributed by atoms with Crippen LogP contribution in [0.1, 0.15) is 0 Å². The number of aliphatic carboxylic acids is 1. The van der Waals surface area contributed by atoms with Crippen molar-refractivity contribution < 1.29 is 54.8 Å². The molecule has 1 saturated heterocycles. The molecule has 0 aromatic rings. The summed E-state index contributed by atoms with van der Waals surface area (Å²) in [7, 11) is 0. The molecule has 0 radical (unpaired) electrons. The zero-order valence-electron chi connectivity index (χ0n) is 14.0. The van der Waals surface area contributed by atoms with Crippen LogP contribution >= 0.6 is 0 Å². The Labute approximate surface area is 153 Å². The van der Waals surface area contributed by atoms with Crippen molar-refractivity contribution in [2.45, 2.75) is 42.6 Å². The van der Waals surface area contributed by atoms with E-state index in [-0.39, 0.29) is 5.57 Å². The lowest BCUT2D eigenvalue weighted by Gasteiger charge is -2.44. The van der Waals surface area contributed by atoms with Crippen molar-refractivity contribution in [2.75, 3.05) is 13.2 Å². The van der Waals surface area contributed by atoms with Crippen LogP contribution in [0, 0.1) is 11.8 Å². The third-order valence-electron chi connectivity index (χ3n) is 5.15. The number of hydrogen-bond acceptors (Lipinski definition) is 10. The standard InChI is InChI=1S/C16H22O11/c17-3-8-10(19)11(20)12(21)15(26-8)27-14-9-6(1-2-16(9,24)5-18)7(4-25-14)13(22)23/h1-2,4,6,8-12,14-15,17-21,24H,3,5H2,(H,22,23)/t6-,8+,9-,10+,11-,12+,14+,15+,16-/m0/s1. The smallest absolute Gasteiger partial charge is 0.335 e. The Morgan fingerprint density at radius 3 is 2.44 bits per heavy atom. The molecule has 0 aromatic heterocycles. The summed E-state index contributed by atoms with van der Waals surface area (Å²) in [5.74, 6) is -3.20. The summed E-state index contributed by atoms with van der Waals surface area (Å²) >= 11 is 0. The number of rotatable bonds is 5. The number of carboxylic acids is 1. The molecule has 2 aliphatic heterocycles. The number of aliphatic hydroxyl groups excluding tert-OH is 5. The Hall–Kier alpha value is -1.57. The highest BCUT2D eigenvalue weighted by molar-refractivity contribution is 5.87. The van der Waals surface area contributed by atoms with E-state index in [9.17, 15) is 40.5 Å². The minimum atomic E-state index is -1.85. The molecule has 0 unspecified atom stereocenters. The van der Waals surface area contributed by atoms with E-state index in [0.717, 1.165) is 6.26 Å². The normalized spacial score (nSPS) is 46.5. The van der Waals surface area contributed by atoms with E-state index in [2.05, 4.69) is 0 Å². The topological polar surface area (TPSA) is 186 Å². The van der Waals surface area contributed by atoms with Gasteiger partial charge in [0, 0.05) is 5.92 Å². The van der Waals surface area contributed by atoms with Crippen molar-refractivity contribution in [3.8, 4) is 0 Å². The van der Waals surface area contributed by atoms with Gasteiger partial charge in [-0.15, -0.1) is 0 Å². The molecule has 3 rings (SSSR count). The molecule has 0 aromatic carbocycles. The molecule has 0 spiro atoms. The molecular weight excluding hydrogens is 368 g/mol. The second kappa shape index (κ2) is 7.45. The number of aliphatic hydroxyl groups is 6. The molecule has 1 aliphatic carbocycles. The molecule has 0 amide bonds. The number of hydrogen-bond donors (Lipinski definition) is 7. The molecule has 0 saturated carbocycles. The van der Waals surface area contributed by atoms with Gasteiger partial charge in [0.15, 0.2) is 6.29 Å². The van der Waals surface area contributed by atoms with Gasteiger partial charge >= 0.3 is 5.97 Å². The zero-order valence-corrected chi connectivity index (χ0v) is 14.0. The summed E-state index contributed by atoms with van der Waals surface area (Å²) in [6.07, 6.45) is -5.48. The van der Waals surface area contributed by atoms with Crippen LogP contribution in [0.2, 0.25) is 0 Å². The van der Waals surface area contributed by atoms with Gasteiger partial charge < -0.3 is 50.0 Å². The van der Waals surface area contributed by atoms with Gasteiger partial charge in [0.25, 0.3) is 0 Å². The van der Waals surface area contributed by atoms with Crippen LogP contribution in [-0.4, -0.2) is 97.5 Å². The van der Waals surface area contributed by atoms with Gasteiger partial charge in [-0.2, -0.15) is 0 Å². The zero-order chi connectivity index (χ0) is 19.9. The lowest BCUT2D eigenvalue weighted by atomic mass is 9.79. The molecule has 1 fully saturated rings. The molecule has 0 bridgehead atoms. The molecule has 2 heterocycles. The number of carbonyl (C=O) groups is 1. The first-order valence-corrected chi connectivity index (χ1v) is 8.31. The van der Waals surface area contributed by atoms with Crippen molar-refractivity contribution in [2.24, 2.45) is 11.8 Å². The van der Waals surface area contributed by atoms with Crippen LogP contribution in [0.4, 0.5) is 0 Å². The lowest BCUT2D eigenvalue weighted by molar-refractivity contribution is -0.346. The third-order valence-corrected chi connectivity index (χ3v) is 5.15. The van der Waals surface area contributed by atoms with E-state index >= 15 is 0 Å². The molecule has 11 nitrogen and oxygen atoms in total. The fourth-order valence-electron chi connectivity index (χ4n) is 3.60. The minimum absolute atomic E-state index is 0.158. The van der Waals surface area contributed by atoms with Crippen molar-refractivity contribution in [3.05, 3.63) is 24.0 Å². The monoisotopic (exact) mass is 390 g/mol. The van der Waals surface area contributed by atoms with Crippen molar-refractivity contribution in [1.82, 2.24) is 0 Å². The summed E-state index contributed by atoms with van der Waals surface area (Å²) < 4.78 is 16.0. The summed E-state index contributed by atoms with van der Waals surface area (Å²) in [5, 5.41) is 68.4. The number of allylic oxidation sites excluding steroid dienone is 1. The maximum atomic E-state index is 11.4. The molecule has 152 valence electrons. The summed E-state index contributed by atoms with van der Waals surface area (Å²) in [4.78, 5) is 11.4. The quantitative estimate of drug-likeness (QED) is 0.233. The maximum absolute atomic E-state index is 11.4. The summed E-state index contributed by atoms with van der Waals surface area (Å²) in [5.41, 5.74) is -2.01. The van der Waals surface area contributed by atoms with Crippen LogP contribution in [0.25, 0.3) is 0 Å². The van der Waals surface area contributed by atoms with Gasteiger partial charge in [0.2, 0.25) is 6.29 Å². The molecule has 9 atom stereocenters. The SMILES string of the molecule is O=C(O)C1=CO[C@H](O[C@H]2O[C@H](CO)[C@@H](O)[C@H](O)[C@H]2O)[C@@H]2[C@H]1C=C[C@]2(O)CO. The summed E-state index contributed by atoms with van der Waals surface area (Å²) in [6, 6.07) is 0. The number of ether oxygens (including phenoxy) is 3. The third kappa shape index (κ3) is 3.37. The number of fused-ring (bicyclic) bond motifs is 1. The Kier molecular flexibility index (Phi) is 5.57. The van der Waals surface area contributed by atoms with Gasteiger partial charge in [-0.05, 0) is 0 Å². The van der Waals surface area contributed by atoms with Crippen LogP contribution < -0.4 is 0 Å². The molecular formula is C16H22O11. The average Bonchev–Trinajstić information content (AvgIpc) is 3.01. The van der Waals surface area contributed by atoms with Crippen molar-refractivity contribution in [3.63, 3.8) is 0 Å². The maximum Gasteiger partial charge on any atom is 0.335 e. The van der Waals surface area contributed by atoms with Gasteiger partial charge in [-0.25, -0.2) is 4.79 Å². The Morgan fingerprint density at radius 2 is 1.85 bits per heavy atom. The first kappa shape index (κ1) is 20.2. The van der Waals surface area contributed by atoms with E-state index in [1.165, 1.54) is 12.2 Å². The van der Waals surface area contributed by atoms with Crippen LogP contribution in [0.15, 0.2) is 24.0 Å². The number of carboxylic acid groups (broad SMARTS) is 1. The second-order valence-corrected chi connectivity index (χ2v) is 6.78. The van der Waals surface area contributed by atoms with Gasteiger partial charge in [-0.3, -0.25) is 0 Å². The first-order chi connectivity index (χ1) is 12.7. The van der Waals surface area contributed by atoms with E-state index in [1.54, 1.807) is 0 Å². The first-order valence-electron chi connectivity index (χ1n) is 8.31. The Bertz CT molecular complexity index is 632. The molecule has 7 N–H and O–H groups in total. The average molecular weight is 390 g/mol. The predicted molar refractivity (Wildman–Crippen MR) is 83.6 cm³/mol.